The molecule has 18 heavy (non-hydrogen) atoms. The Labute approximate surface area is 107 Å². The summed E-state index contributed by atoms with van der Waals surface area (Å²) in [6.45, 7) is 3.57. The Balaban J connectivity index is 1.82. The zero-order valence-corrected chi connectivity index (χ0v) is 10.7. The third kappa shape index (κ3) is 2.87. The number of nitrogens with zero attached hydrogens (tertiary/aromatic N) is 2. The van der Waals surface area contributed by atoms with Gasteiger partial charge in [0.1, 0.15) is 0 Å². The molecule has 1 aromatic rings. The summed E-state index contributed by atoms with van der Waals surface area (Å²) in [4.78, 5) is 16.2. The largest absolute Gasteiger partial charge is 0.354 e. The second-order valence-corrected chi connectivity index (χ2v) is 4.70. The van der Waals surface area contributed by atoms with Crippen LogP contribution < -0.4 is 10.6 Å². The molecular weight excluding hydrogens is 232 g/mol. The lowest BCUT2D eigenvalue weighted by Gasteiger charge is -2.27. The van der Waals surface area contributed by atoms with Crippen LogP contribution in [0.2, 0.25) is 0 Å². The first-order valence-electron chi connectivity index (χ1n) is 6.56. The van der Waals surface area contributed by atoms with Gasteiger partial charge in [-0.1, -0.05) is 18.5 Å². The molecule has 0 aromatic carbocycles. The summed E-state index contributed by atoms with van der Waals surface area (Å²) in [5.41, 5.74) is -0.358. The molecule has 0 radical (unpaired) electrons. The lowest BCUT2D eigenvalue weighted by molar-refractivity contribution is -0.127. The molecule has 1 atom stereocenters. The first-order valence-corrected chi connectivity index (χ1v) is 6.56. The van der Waals surface area contributed by atoms with E-state index in [4.69, 9.17) is 4.52 Å². The molecule has 100 valence electrons. The van der Waals surface area contributed by atoms with Gasteiger partial charge < -0.3 is 15.2 Å². The number of carbonyl (C=O) groups excluding carboxylic acids is 1. The standard InChI is InChI=1S/C12H20N4O2/c1-2-5-12(6-3-7-15-12)11(17)13-8-4-10-14-9-16-18-10/h9,15H,2-8H2,1H3,(H,13,17). The minimum absolute atomic E-state index is 0.0985. The van der Waals surface area contributed by atoms with E-state index in [-0.39, 0.29) is 11.4 Å². The van der Waals surface area contributed by atoms with E-state index in [1.54, 1.807) is 0 Å². The number of rotatable bonds is 6. The number of aromatic nitrogens is 2. The van der Waals surface area contributed by atoms with Crippen LogP contribution >= 0.6 is 0 Å². The lowest BCUT2D eigenvalue weighted by Crippen LogP contribution is -2.53. The molecule has 2 N–H and O–H groups in total. The highest BCUT2D eigenvalue weighted by Crippen LogP contribution is 2.24. The van der Waals surface area contributed by atoms with Crippen molar-refractivity contribution in [2.24, 2.45) is 0 Å². The van der Waals surface area contributed by atoms with Crippen molar-refractivity contribution < 1.29 is 9.32 Å². The Morgan fingerprint density at radius 3 is 3.17 bits per heavy atom. The van der Waals surface area contributed by atoms with E-state index < -0.39 is 0 Å². The molecule has 6 nitrogen and oxygen atoms in total. The monoisotopic (exact) mass is 252 g/mol. The maximum Gasteiger partial charge on any atom is 0.240 e. The first kappa shape index (κ1) is 13.0. The van der Waals surface area contributed by atoms with Crippen molar-refractivity contribution in [1.82, 2.24) is 20.8 Å². The molecule has 0 aliphatic carbocycles. The van der Waals surface area contributed by atoms with E-state index in [9.17, 15) is 4.79 Å². The normalized spacial score (nSPS) is 23.2. The van der Waals surface area contributed by atoms with Crippen molar-refractivity contribution in [3.05, 3.63) is 12.2 Å². The Morgan fingerprint density at radius 2 is 2.56 bits per heavy atom. The Hall–Kier alpha value is -1.43. The molecule has 1 saturated heterocycles. The van der Waals surface area contributed by atoms with E-state index in [2.05, 4.69) is 27.7 Å². The minimum Gasteiger partial charge on any atom is -0.354 e. The molecular formula is C12H20N4O2. The lowest BCUT2D eigenvalue weighted by atomic mass is 9.91. The summed E-state index contributed by atoms with van der Waals surface area (Å²) in [6.07, 6.45) is 5.83. The Bertz CT molecular complexity index is 371. The van der Waals surface area contributed by atoms with Gasteiger partial charge in [-0.25, -0.2) is 0 Å². The van der Waals surface area contributed by atoms with E-state index in [1.165, 1.54) is 6.33 Å². The molecule has 0 bridgehead atoms. The van der Waals surface area contributed by atoms with Gasteiger partial charge in [0.2, 0.25) is 11.8 Å². The maximum atomic E-state index is 12.2. The van der Waals surface area contributed by atoms with Crippen molar-refractivity contribution in [1.29, 1.82) is 0 Å². The minimum atomic E-state index is -0.358. The molecule has 2 rings (SSSR count). The number of nitrogens with one attached hydrogen (secondary N) is 2. The van der Waals surface area contributed by atoms with Crippen molar-refractivity contribution in [2.45, 2.75) is 44.6 Å². The van der Waals surface area contributed by atoms with E-state index in [0.717, 1.165) is 32.2 Å². The number of hydrogen-bond acceptors (Lipinski definition) is 5. The molecule has 1 aliphatic rings. The fourth-order valence-electron chi connectivity index (χ4n) is 2.51. The summed E-state index contributed by atoms with van der Waals surface area (Å²) in [5, 5.41) is 9.84. The second-order valence-electron chi connectivity index (χ2n) is 4.70. The molecule has 0 spiro atoms. The van der Waals surface area contributed by atoms with Crippen molar-refractivity contribution in [2.75, 3.05) is 13.1 Å². The SMILES string of the molecule is CCCC1(C(=O)NCCc2ncno2)CCCN1. The molecule has 1 aromatic heterocycles. The van der Waals surface area contributed by atoms with Gasteiger partial charge in [0.15, 0.2) is 6.33 Å². The number of carbonyl (C=O) groups is 1. The van der Waals surface area contributed by atoms with E-state index >= 15 is 0 Å². The van der Waals surface area contributed by atoms with Gasteiger partial charge in [0.25, 0.3) is 0 Å². The van der Waals surface area contributed by atoms with Crippen LogP contribution in [0.3, 0.4) is 0 Å². The van der Waals surface area contributed by atoms with Crippen molar-refractivity contribution >= 4 is 5.91 Å². The third-order valence-corrected chi connectivity index (χ3v) is 3.39. The number of hydrogen-bond donors (Lipinski definition) is 2. The van der Waals surface area contributed by atoms with Gasteiger partial charge in [0, 0.05) is 13.0 Å². The van der Waals surface area contributed by atoms with Crippen LogP contribution in [0, 0.1) is 0 Å². The molecule has 6 heteroatoms. The topological polar surface area (TPSA) is 80.1 Å². The highest BCUT2D eigenvalue weighted by Gasteiger charge is 2.39. The quantitative estimate of drug-likeness (QED) is 0.777. The van der Waals surface area contributed by atoms with Gasteiger partial charge in [-0.2, -0.15) is 4.98 Å². The summed E-state index contributed by atoms with van der Waals surface area (Å²) in [5.74, 6) is 0.653. The van der Waals surface area contributed by atoms with Crippen LogP contribution in [-0.2, 0) is 11.2 Å². The Morgan fingerprint density at radius 1 is 1.67 bits per heavy atom. The molecule has 0 saturated carbocycles. The average Bonchev–Trinajstić information content (AvgIpc) is 3.01. The fourth-order valence-corrected chi connectivity index (χ4v) is 2.51. The number of amides is 1. The van der Waals surface area contributed by atoms with Crippen LogP contribution in [0.15, 0.2) is 10.9 Å². The van der Waals surface area contributed by atoms with Crippen LogP contribution in [0.5, 0.6) is 0 Å². The van der Waals surface area contributed by atoms with Crippen molar-refractivity contribution in [3.63, 3.8) is 0 Å². The maximum absolute atomic E-state index is 12.2. The smallest absolute Gasteiger partial charge is 0.240 e. The predicted octanol–water partition coefficient (Wildman–Crippen LogP) is 0.651. The van der Waals surface area contributed by atoms with Gasteiger partial charge in [0.05, 0.1) is 5.54 Å². The Kier molecular flexibility index (Phi) is 4.30. The van der Waals surface area contributed by atoms with E-state index in [1.807, 2.05) is 0 Å². The molecule has 1 unspecified atom stereocenters. The zero-order chi connectivity index (χ0) is 12.8. The van der Waals surface area contributed by atoms with Crippen LogP contribution in [-0.4, -0.2) is 34.7 Å². The third-order valence-electron chi connectivity index (χ3n) is 3.39. The predicted molar refractivity (Wildman–Crippen MR) is 65.9 cm³/mol. The highest BCUT2D eigenvalue weighted by molar-refractivity contribution is 5.86. The summed E-state index contributed by atoms with van der Waals surface area (Å²) in [7, 11) is 0. The fraction of sp³-hybridized carbons (Fsp3) is 0.750. The van der Waals surface area contributed by atoms with Crippen LogP contribution in [0.1, 0.15) is 38.5 Å². The van der Waals surface area contributed by atoms with E-state index in [0.29, 0.717) is 18.9 Å². The molecule has 1 amide bonds. The van der Waals surface area contributed by atoms with Gasteiger partial charge in [-0.05, 0) is 25.8 Å². The zero-order valence-electron chi connectivity index (χ0n) is 10.7. The van der Waals surface area contributed by atoms with Gasteiger partial charge in [-0.3, -0.25) is 4.79 Å². The van der Waals surface area contributed by atoms with Crippen LogP contribution in [0.25, 0.3) is 0 Å². The molecule has 1 fully saturated rings. The summed E-state index contributed by atoms with van der Waals surface area (Å²) >= 11 is 0. The van der Waals surface area contributed by atoms with Gasteiger partial charge >= 0.3 is 0 Å². The van der Waals surface area contributed by atoms with Crippen LogP contribution in [0.4, 0.5) is 0 Å². The summed E-state index contributed by atoms with van der Waals surface area (Å²) < 4.78 is 4.89. The highest BCUT2D eigenvalue weighted by atomic mass is 16.5. The van der Waals surface area contributed by atoms with Crippen molar-refractivity contribution in [3.8, 4) is 0 Å². The molecule has 1 aliphatic heterocycles. The summed E-state index contributed by atoms with van der Waals surface area (Å²) in [6, 6.07) is 0. The van der Waals surface area contributed by atoms with Gasteiger partial charge in [-0.15, -0.1) is 0 Å². The average molecular weight is 252 g/mol. The second kappa shape index (κ2) is 5.95. The first-order chi connectivity index (χ1) is 8.77. The molecule has 2 heterocycles.